The smallest absolute Gasteiger partial charge is 0.255 e. The van der Waals surface area contributed by atoms with Gasteiger partial charge < -0.3 is 15.4 Å². The first-order valence-corrected chi connectivity index (χ1v) is 8.89. The van der Waals surface area contributed by atoms with Crippen molar-refractivity contribution in [2.24, 2.45) is 0 Å². The number of benzene rings is 2. The number of halogens is 1. The second-order valence-electron chi connectivity index (χ2n) is 6.04. The average molecular weight is 398 g/mol. The minimum atomic E-state index is -0.205. The van der Waals surface area contributed by atoms with Crippen LogP contribution in [0.2, 0.25) is 0 Å². The van der Waals surface area contributed by atoms with E-state index in [0.29, 0.717) is 29.1 Å². The number of carbonyl (C=O) groups excluding carboxylic acids is 1. The highest BCUT2D eigenvalue weighted by molar-refractivity contribution is 6.09. The SMILES string of the molecule is C=CCNC(=O)c1cnc2c(OC)cccc2c1Nc1ccccc1CC.Cl. The maximum atomic E-state index is 12.7. The number of nitrogens with one attached hydrogen (secondary N) is 2. The summed E-state index contributed by atoms with van der Waals surface area (Å²) in [5, 5.41) is 7.12. The third-order valence-electron chi connectivity index (χ3n) is 4.39. The molecule has 0 aliphatic heterocycles. The lowest BCUT2D eigenvalue weighted by atomic mass is 10.1. The lowest BCUT2D eigenvalue weighted by Crippen LogP contribution is -2.24. The van der Waals surface area contributed by atoms with Crippen LogP contribution >= 0.6 is 12.4 Å². The van der Waals surface area contributed by atoms with Gasteiger partial charge in [0.15, 0.2) is 0 Å². The van der Waals surface area contributed by atoms with Crippen LogP contribution in [0.5, 0.6) is 5.75 Å². The molecule has 0 unspecified atom stereocenters. The monoisotopic (exact) mass is 397 g/mol. The van der Waals surface area contributed by atoms with Gasteiger partial charge in [0.25, 0.3) is 5.91 Å². The summed E-state index contributed by atoms with van der Waals surface area (Å²) in [6, 6.07) is 13.8. The van der Waals surface area contributed by atoms with Crippen molar-refractivity contribution in [1.29, 1.82) is 0 Å². The third kappa shape index (κ3) is 4.26. The van der Waals surface area contributed by atoms with Crippen molar-refractivity contribution in [2.75, 3.05) is 19.0 Å². The number of fused-ring (bicyclic) bond motifs is 1. The number of anilines is 2. The second-order valence-corrected chi connectivity index (χ2v) is 6.04. The number of carbonyl (C=O) groups is 1. The molecule has 1 heterocycles. The fourth-order valence-corrected chi connectivity index (χ4v) is 3.01. The number of aryl methyl sites for hydroxylation is 1. The molecule has 0 fully saturated rings. The third-order valence-corrected chi connectivity index (χ3v) is 4.39. The van der Waals surface area contributed by atoms with Crippen molar-refractivity contribution in [3.63, 3.8) is 0 Å². The molecule has 0 radical (unpaired) electrons. The van der Waals surface area contributed by atoms with Crippen LogP contribution in [0, 0.1) is 0 Å². The van der Waals surface area contributed by atoms with E-state index in [0.717, 1.165) is 17.5 Å². The molecule has 0 atom stereocenters. The van der Waals surface area contributed by atoms with Crippen LogP contribution in [0.15, 0.2) is 61.3 Å². The number of nitrogens with zero attached hydrogens (tertiary/aromatic N) is 1. The maximum Gasteiger partial charge on any atom is 0.255 e. The lowest BCUT2D eigenvalue weighted by molar-refractivity contribution is 0.0958. The second kappa shape index (κ2) is 9.76. The molecule has 0 bridgehead atoms. The average Bonchev–Trinajstić information content (AvgIpc) is 2.72. The highest BCUT2D eigenvalue weighted by Crippen LogP contribution is 2.34. The Morgan fingerprint density at radius 2 is 2.00 bits per heavy atom. The molecule has 2 N–H and O–H groups in total. The predicted octanol–water partition coefficient (Wildman–Crippen LogP) is 4.89. The topological polar surface area (TPSA) is 63.2 Å². The molecule has 0 aliphatic rings. The molecule has 2 aromatic carbocycles. The number of methoxy groups -OCH3 is 1. The molecule has 28 heavy (non-hydrogen) atoms. The molecule has 0 aliphatic carbocycles. The molecule has 146 valence electrons. The van der Waals surface area contributed by atoms with Gasteiger partial charge in [-0.15, -0.1) is 19.0 Å². The Bertz CT molecular complexity index is 989. The summed E-state index contributed by atoms with van der Waals surface area (Å²) in [4.78, 5) is 17.2. The van der Waals surface area contributed by atoms with Gasteiger partial charge in [-0.3, -0.25) is 9.78 Å². The molecule has 5 nitrogen and oxygen atoms in total. The standard InChI is InChI=1S/C22H23N3O2.ClH/c1-4-13-23-22(26)17-14-24-21-16(10-8-12-19(21)27-3)20(17)25-18-11-7-6-9-15(18)5-2;/h4,6-12,14H,1,5,13H2,2-3H3,(H,23,26)(H,24,25);1H. The number of para-hydroxylation sites is 2. The van der Waals surface area contributed by atoms with Crippen molar-refractivity contribution in [2.45, 2.75) is 13.3 Å². The van der Waals surface area contributed by atoms with Crippen LogP contribution in [0.3, 0.4) is 0 Å². The molecular formula is C22H24ClN3O2. The zero-order valence-electron chi connectivity index (χ0n) is 16.0. The van der Waals surface area contributed by atoms with Gasteiger partial charge in [0, 0.05) is 23.8 Å². The molecule has 3 rings (SSSR count). The number of ether oxygens (including phenoxy) is 1. The first-order chi connectivity index (χ1) is 13.2. The number of rotatable bonds is 7. The van der Waals surface area contributed by atoms with E-state index in [1.54, 1.807) is 19.4 Å². The van der Waals surface area contributed by atoms with Crippen LogP contribution in [0.1, 0.15) is 22.8 Å². The minimum Gasteiger partial charge on any atom is -0.494 e. The maximum absolute atomic E-state index is 12.7. The van der Waals surface area contributed by atoms with Gasteiger partial charge in [-0.05, 0) is 24.1 Å². The number of hydrogen-bond donors (Lipinski definition) is 2. The van der Waals surface area contributed by atoms with Crippen molar-refractivity contribution in [1.82, 2.24) is 10.3 Å². The van der Waals surface area contributed by atoms with E-state index in [2.05, 4.69) is 35.2 Å². The van der Waals surface area contributed by atoms with E-state index < -0.39 is 0 Å². The Morgan fingerprint density at radius 3 is 2.71 bits per heavy atom. The fraction of sp³-hybridized carbons (Fsp3) is 0.182. The molecule has 0 saturated heterocycles. The van der Waals surface area contributed by atoms with Crippen LogP contribution in [-0.4, -0.2) is 24.5 Å². The van der Waals surface area contributed by atoms with E-state index >= 15 is 0 Å². The Balaban J connectivity index is 0.00000280. The first kappa shape index (κ1) is 21.3. The zero-order valence-corrected chi connectivity index (χ0v) is 16.8. The van der Waals surface area contributed by atoms with Gasteiger partial charge >= 0.3 is 0 Å². The van der Waals surface area contributed by atoms with Crippen LogP contribution in [0.4, 0.5) is 11.4 Å². The largest absolute Gasteiger partial charge is 0.494 e. The highest BCUT2D eigenvalue weighted by Gasteiger charge is 2.18. The van der Waals surface area contributed by atoms with Crippen molar-refractivity contribution in [3.8, 4) is 5.75 Å². The van der Waals surface area contributed by atoms with Gasteiger partial charge in [-0.1, -0.05) is 43.3 Å². The van der Waals surface area contributed by atoms with Crippen molar-refractivity contribution in [3.05, 3.63) is 72.4 Å². The van der Waals surface area contributed by atoms with E-state index in [-0.39, 0.29) is 18.3 Å². The molecule has 0 spiro atoms. The molecule has 1 aromatic heterocycles. The van der Waals surface area contributed by atoms with E-state index in [4.69, 9.17) is 4.74 Å². The molecule has 3 aromatic rings. The lowest BCUT2D eigenvalue weighted by Gasteiger charge is -2.17. The van der Waals surface area contributed by atoms with E-state index in [9.17, 15) is 4.79 Å². The summed E-state index contributed by atoms with van der Waals surface area (Å²) in [5.41, 5.74) is 4.03. The molecule has 1 amide bonds. The van der Waals surface area contributed by atoms with Gasteiger partial charge in [0.2, 0.25) is 0 Å². The number of hydrogen-bond acceptors (Lipinski definition) is 4. The Labute approximate surface area is 171 Å². The fourth-order valence-electron chi connectivity index (χ4n) is 3.01. The summed E-state index contributed by atoms with van der Waals surface area (Å²) in [6.45, 7) is 6.14. The van der Waals surface area contributed by atoms with Crippen LogP contribution in [-0.2, 0) is 6.42 Å². The van der Waals surface area contributed by atoms with E-state index in [1.165, 1.54) is 5.56 Å². The Morgan fingerprint density at radius 1 is 1.21 bits per heavy atom. The normalized spacial score (nSPS) is 10.1. The number of amides is 1. The van der Waals surface area contributed by atoms with Crippen molar-refractivity contribution < 1.29 is 9.53 Å². The number of pyridine rings is 1. The summed E-state index contributed by atoms with van der Waals surface area (Å²) in [7, 11) is 1.61. The quantitative estimate of drug-likeness (QED) is 0.557. The predicted molar refractivity (Wildman–Crippen MR) is 117 cm³/mol. The van der Waals surface area contributed by atoms with Gasteiger partial charge in [-0.2, -0.15) is 0 Å². The van der Waals surface area contributed by atoms with Gasteiger partial charge in [0.05, 0.1) is 18.4 Å². The molecule has 0 saturated carbocycles. The van der Waals surface area contributed by atoms with E-state index in [1.807, 2.05) is 36.4 Å². The van der Waals surface area contributed by atoms with Crippen LogP contribution in [0.25, 0.3) is 10.9 Å². The summed E-state index contributed by atoms with van der Waals surface area (Å²) >= 11 is 0. The van der Waals surface area contributed by atoms with Gasteiger partial charge in [-0.25, -0.2) is 0 Å². The summed E-state index contributed by atoms with van der Waals surface area (Å²) < 4.78 is 5.44. The summed E-state index contributed by atoms with van der Waals surface area (Å²) in [5.74, 6) is 0.459. The van der Waals surface area contributed by atoms with Gasteiger partial charge in [0.1, 0.15) is 11.3 Å². The summed E-state index contributed by atoms with van der Waals surface area (Å²) in [6.07, 6.45) is 4.11. The first-order valence-electron chi connectivity index (χ1n) is 8.89. The molecular weight excluding hydrogens is 374 g/mol. The Hall–Kier alpha value is -3.05. The van der Waals surface area contributed by atoms with Crippen molar-refractivity contribution >= 4 is 40.6 Å². The zero-order chi connectivity index (χ0) is 19.2. The Kier molecular flexibility index (Phi) is 7.41. The highest BCUT2D eigenvalue weighted by atomic mass is 35.5. The minimum absolute atomic E-state index is 0. The molecule has 6 heteroatoms. The van der Waals surface area contributed by atoms with Crippen LogP contribution < -0.4 is 15.4 Å². The number of aromatic nitrogens is 1.